The van der Waals surface area contributed by atoms with E-state index >= 15 is 0 Å². The smallest absolute Gasteiger partial charge is 0.410 e. The minimum absolute atomic E-state index is 0.0428. The molecular weight excluding hydrogens is 530 g/mol. The normalized spacial score (nSPS) is 20.4. The lowest BCUT2D eigenvalue weighted by Gasteiger charge is -2.35. The second-order valence-electron chi connectivity index (χ2n) is 11.3. The van der Waals surface area contributed by atoms with Gasteiger partial charge in [0, 0.05) is 29.9 Å². The lowest BCUT2D eigenvalue weighted by Crippen LogP contribution is -2.44. The summed E-state index contributed by atoms with van der Waals surface area (Å²) >= 11 is 0. The van der Waals surface area contributed by atoms with Crippen LogP contribution in [0.5, 0.6) is 0 Å². The van der Waals surface area contributed by atoms with Crippen molar-refractivity contribution in [3.8, 4) is 0 Å². The second-order valence-corrected chi connectivity index (χ2v) is 13.3. The second kappa shape index (κ2) is 9.94. The number of sulfone groups is 1. The lowest BCUT2D eigenvalue weighted by atomic mass is 9.72. The average Bonchev–Trinajstić information content (AvgIpc) is 3.42. The summed E-state index contributed by atoms with van der Waals surface area (Å²) in [7, 11) is -3.57. The van der Waals surface area contributed by atoms with Crippen molar-refractivity contribution in [1.29, 1.82) is 0 Å². The fraction of sp³-hybridized carbons (Fsp3) is 0.333. The number of likely N-dealkylation sites (tertiary alicyclic amines) is 1. The van der Waals surface area contributed by atoms with Gasteiger partial charge in [-0.1, -0.05) is 36.4 Å². The van der Waals surface area contributed by atoms with Crippen LogP contribution in [0.4, 0.5) is 21.9 Å². The van der Waals surface area contributed by atoms with E-state index in [2.05, 4.69) is 10.6 Å². The van der Waals surface area contributed by atoms with Gasteiger partial charge in [0.15, 0.2) is 9.84 Å². The Balaban J connectivity index is 1.58. The van der Waals surface area contributed by atoms with Gasteiger partial charge in [-0.15, -0.1) is 0 Å². The fourth-order valence-electron chi connectivity index (χ4n) is 5.73. The zero-order valence-electron chi connectivity index (χ0n) is 22.9. The van der Waals surface area contributed by atoms with Crippen molar-refractivity contribution in [2.75, 3.05) is 23.4 Å². The number of para-hydroxylation sites is 1. The molecule has 0 unspecified atom stereocenters. The van der Waals surface area contributed by atoms with Gasteiger partial charge in [-0.3, -0.25) is 9.69 Å². The third-order valence-corrected chi connectivity index (χ3v) is 8.52. The number of nitrogens with one attached hydrogen (secondary N) is 2. The van der Waals surface area contributed by atoms with E-state index in [1.807, 2.05) is 48.5 Å². The zero-order chi connectivity index (χ0) is 28.9. The molecule has 1 fully saturated rings. The molecule has 2 atom stereocenters. The Labute approximate surface area is 234 Å². The van der Waals surface area contributed by atoms with E-state index in [0.29, 0.717) is 29.9 Å². The Morgan fingerprint density at radius 2 is 1.82 bits per heavy atom. The van der Waals surface area contributed by atoms with Crippen molar-refractivity contribution in [3.05, 3.63) is 83.4 Å². The number of fused-ring (bicyclic) bond motifs is 2. The Morgan fingerprint density at radius 3 is 2.52 bits per heavy atom. The van der Waals surface area contributed by atoms with Gasteiger partial charge in [0.1, 0.15) is 11.0 Å². The Bertz CT molecular complexity index is 1600. The van der Waals surface area contributed by atoms with Crippen LogP contribution in [0.3, 0.4) is 0 Å². The van der Waals surface area contributed by atoms with Gasteiger partial charge in [0.2, 0.25) is 5.91 Å². The minimum Gasteiger partial charge on any atom is -0.444 e. The number of rotatable bonds is 5. The van der Waals surface area contributed by atoms with Crippen LogP contribution in [0.2, 0.25) is 0 Å². The highest BCUT2D eigenvalue weighted by Crippen LogP contribution is 2.55. The largest absolute Gasteiger partial charge is 0.444 e. The molecule has 9 nitrogen and oxygen atoms in total. The van der Waals surface area contributed by atoms with Crippen LogP contribution in [0.15, 0.2) is 71.6 Å². The van der Waals surface area contributed by atoms with E-state index in [-0.39, 0.29) is 10.8 Å². The molecule has 10 heteroatoms. The summed E-state index contributed by atoms with van der Waals surface area (Å²) in [4.78, 5) is 28.8. The highest BCUT2D eigenvalue weighted by Gasteiger charge is 2.60. The number of anilines is 3. The van der Waals surface area contributed by atoms with Crippen LogP contribution >= 0.6 is 0 Å². The van der Waals surface area contributed by atoms with E-state index in [1.165, 1.54) is 6.07 Å². The third kappa shape index (κ3) is 4.93. The highest BCUT2D eigenvalue weighted by atomic mass is 32.2. The van der Waals surface area contributed by atoms with Gasteiger partial charge >= 0.3 is 6.09 Å². The Hall–Kier alpha value is -3.89. The predicted octanol–water partition coefficient (Wildman–Crippen LogP) is 4.90. The van der Waals surface area contributed by atoms with Crippen LogP contribution in [0.25, 0.3) is 0 Å². The van der Waals surface area contributed by atoms with Crippen molar-refractivity contribution in [1.82, 2.24) is 4.90 Å². The molecule has 0 saturated carbocycles. The molecule has 0 radical (unpaired) electrons. The van der Waals surface area contributed by atoms with Gasteiger partial charge in [-0.2, -0.15) is 0 Å². The van der Waals surface area contributed by atoms with Crippen molar-refractivity contribution in [2.45, 2.75) is 55.8 Å². The molecule has 5 rings (SSSR count). The summed E-state index contributed by atoms with van der Waals surface area (Å²) in [6.45, 7) is 5.35. The third-order valence-electron chi connectivity index (χ3n) is 7.34. The molecule has 40 heavy (non-hydrogen) atoms. The van der Waals surface area contributed by atoms with E-state index in [4.69, 9.17) is 4.74 Å². The van der Waals surface area contributed by atoms with Crippen LogP contribution in [0, 0.1) is 0 Å². The number of benzene rings is 3. The topological polar surface area (TPSA) is 125 Å². The summed E-state index contributed by atoms with van der Waals surface area (Å²) in [5.74, 6) is -0.166. The number of carbonyl (C=O) groups excluding carboxylic acids is 2. The fourth-order valence-corrected chi connectivity index (χ4v) is 6.68. The Kier molecular flexibility index (Phi) is 6.87. The number of ether oxygens (including phenoxy) is 1. The predicted molar refractivity (Wildman–Crippen MR) is 152 cm³/mol. The van der Waals surface area contributed by atoms with Crippen LogP contribution in [-0.4, -0.2) is 48.8 Å². The van der Waals surface area contributed by atoms with E-state index in [0.717, 1.165) is 23.1 Å². The number of hydrogen-bond acceptors (Lipinski definition) is 7. The molecular formula is C30H33N3O6S. The first-order valence-corrected chi connectivity index (χ1v) is 14.9. The summed E-state index contributed by atoms with van der Waals surface area (Å²) in [6.07, 6.45) is 1.03. The number of aliphatic hydroxyl groups is 1. The Morgan fingerprint density at radius 1 is 1.10 bits per heavy atom. The average molecular weight is 564 g/mol. The van der Waals surface area contributed by atoms with Gasteiger partial charge in [-0.25, -0.2) is 13.2 Å². The van der Waals surface area contributed by atoms with Gasteiger partial charge in [0.25, 0.3) is 0 Å². The highest BCUT2D eigenvalue weighted by molar-refractivity contribution is 7.90. The number of hydrogen-bond donors (Lipinski definition) is 3. The number of carbonyl (C=O) groups is 2. The minimum atomic E-state index is -3.57. The van der Waals surface area contributed by atoms with Gasteiger partial charge in [0.05, 0.1) is 17.5 Å². The molecule has 0 aliphatic carbocycles. The monoisotopic (exact) mass is 563 g/mol. The molecule has 210 valence electrons. The molecule has 1 spiro atoms. The molecule has 3 N–H and O–H groups in total. The van der Waals surface area contributed by atoms with Crippen LogP contribution in [0.1, 0.15) is 49.9 Å². The van der Waals surface area contributed by atoms with Gasteiger partial charge in [-0.05, 0) is 74.2 Å². The van der Waals surface area contributed by atoms with Crippen molar-refractivity contribution >= 4 is 38.9 Å². The quantitative estimate of drug-likeness (QED) is 0.403. The van der Waals surface area contributed by atoms with E-state index < -0.39 is 39.6 Å². The van der Waals surface area contributed by atoms with E-state index in [9.17, 15) is 23.1 Å². The maximum Gasteiger partial charge on any atom is 0.410 e. The summed E-state index contributed by atoms with van der Waals surface area (Å²) in [6, 6.07) is 19.0. The lowest BCUT2D eigenvalue weighted by molar-refractivity contribution is -0.121. The van der Waals surface area contributed by atoms with Crippen molar-refractivity contribution < 1.29 is 27.9 Å². The summed E-state index contributed by atoms with van der Waals surface area (Å²) in [5.41, 5.74) is 2.06. The maximum atomic E-state index is 13.7. The number of aliphatic hydroxyl groups excluding tert-OH is 1. The molecule has 2 aliphatic rings. The first-order chi connectivity index (χ1) is 18.8. The summed E-state index contributed by atoms with van der Waals surface area (Å²) < 4.78 is 30.3. The molecule has 0 aromatic heterocycles. The molecule has 3 aromatic carbocycles. The van der Waals surface area contributed by atoms with E-state index in [1.54, 1.807) is 37.8 Å². The molecule has 0 bridgehead atoms. The molecule has 1 saturated heterocycles. The SMILES string of the molecule is CC(C)(C)OC(=O)N1CC[C@]2(C(=O)Nc3ccccc32)[C@H]1c1cccc(Nc2ccc(CO)c(S(C)(=O)=O)c2)c1. The maximum absolute atomic E-state index is 13.7. The van der Waals surface area contributed by atoms with Crippen molar-refractivity contribution in [2.24, 2.45) is 0 Å². The van der Waals surface area contributed by atoms with Crippen LogP contribution in [-0.2, 0) is 31.4 Å². The first-order valence-electron chi connectivity index (χ1n) is 13.0. The van der Waals surface area contributed by atoms with Gasteiger partial charge < -0.3 is 20.5 Å². The number of nitrogens with zero attached hydrogens (tertiary/aromatic N) is 1. The first kappa shape index (κ1) is 27.7. The molecule has 2 amide bonds. The molecule has 2 aliphatic heterocycles. The van der Waals surface area contributed by atoms with Crippen LogP contribution < -0.4 is 10.6 Å². The number of amides is 2. The summed E-state index contributed by atoms with van der Waals surface area (Å²) in [5, 5.41) is 15.8. The van der Waals surface area contributed by atoms with Crippen molar-refractivity contribution in [3.63, 3.8) is 0 Å². The standard InChI is InChI=1S/C30H33N3O6S/c1-29(2,3)39-28(36)33-15-14-30(23-10-5-6-11-24(23)32-27(30)35)26(33)19-8-7-9-21(16-19)31-22-13-12-20(18-34)25(17-22)40(4,37)38/h5-13,16-17,26,31,34H,14-15,18H2,1-4H3,(H,32,35)/t26-,30-/m1/s1. The molecule has 3 aromatic rings. The molecule has 2 heterocycles. The zero-order valence-corrected chi connectivity index (χ0v) is 23.7.